The third kappa shape index (κ3) is 57.6. The van der Waals surface area contributed by atoms with Crippen molar-refractivity contribution in [2.75, 3.05) is 13.2 Å². The highest BCUT2D eigenvalue weighted by atomic mass is 16.5. The molecule has 0 rings (SSSR count). The van der Waals surface area contributed by atoms with Gasteiger partial charge >= 0.3 is 5.97 Å². The number of ether oxygens (including phenoxy) is 1. The van der Waals surface area contributed by atoms with Gasteiger partial charge < -0.3 is 20.3 Å². The van der Waals surface area contributed by atoms with E-state index >= 15 is 0 Å². The topological polar surface area (TPSA) is 95.9 Å². The maximum atomic E-state index is 12.5. The van der Waals surface area contributed by atoms with Gasteiger partial charge in [0.1, 0.15) is 0 Å². The summed E-state index contributed by atoms with van der Waals surface area (Å²) in [6.07, 6.45) is 76.2. The number of rotatable bonds is 61. The highest BCUT2D eigenvalue weighted by Crippen LogP contribution is 2.18. The van der Waals surface area contributed by atoms with Crippen molar-refractivity contribution < 1.29 is 24.5 Å². The lowest BCUT2D eigenvalue weighted by Gasteiger charge is -2.22. The number of hydrogen-bond donors (Lipinski definition) is 3. The zero-order chi connectivity index (χ0) is 52.2. The Kier molecular flexibility index (Phi) is 60.5. The summed E-state index contributed by atoms with van der Waals surface area (Å²) in [7, 11) is 0. The summed E-state index contributed by atoms with van der Waals surface area (Å²) in [6, 6.07) is -0.546. The zero-order valence-electron chi connectivity index (χ0n) is 48.7. The summed E-state index contributed by atoms with van der Waals surface area (Å²) in [5.74, 6) is -0.0323. The molecule has 0 aliphatic carbocycles. The second kappa shape index (κ2) is 61.9. The van der Waals surface area contributed by atoms with E-state index in [9.17, 15) is 19.8 Å². The molecule has 0 aromatic heterocycles. The molecule has 0 bridgehead atoms. The van der Waals surface area contributed by atoms with E-state index in [0.717, 1.165) is 44.9 Å². The molecule has 2 unspecified atom stereocenters. The molecule has 6 heteroatoms. The molecule has 1 amide bonds. The normalized spacial score (nSPS) is 12.7. The summed E-state index contributed by atoms with van der Waals surface area (Å²) < 4.78 is 5.50. The van der Waals surface area contributed by atoms with Crippen LogP contribution in [0.3, 0.4) is 0 Å². The predicted octanol–water partition coefficient (Wildman–Crippen LogP) is 20.6. The molecular weight excluding hydrogens is 887 g/mol. The van der Waals surface area contributed by atoms with Crippen LogP contribution in [0, 0.1) is 0 Å². The fourth-order valence-corrected chi connectivity index (χ4v) is 10.2. The fraction of sp³-hybridized carbons (Fsp3) is 0.909. The van der Waals surface area contributed by atoms with E-state index in [0.29, 0.717) is 25.9 Å². The Morgan fingerprint density at radius 3 is 0.986 bits per heavy atom. The maximum absolute atomic E-state index is 12.5. The number of aliphatic hydroxyl groups excluding tert-OH is 2. The standard InChI is InChI=1S/C66H127NO5/c1-3-5-7-9-11-13-15-17-19-20-28-32-36-40-44-48-52-56-60-66(71)72-61-57-53-49-45-41-37-33-29-26-24-22-21-23-25-27-31-35-39-43-47-51-55-59-65(70)67-63(62-68)64(69)58-54-50-46-42-38-34-30-18-16-14-12-10-8-6-4-2/h19-20,23,25,63-64,68-69H,3-18,21-22,24,26-62H2,1-2H3,(H,67,70)/b20-19-,25-23-. The van der Waals surface area contributed by atoms with E-state index in [1.54, 1.807) is 0 Å². The van der Waals surface area contributed by atoms with Crippen LogP contribution in [0.2, 0.25) is 0 Å². The van der Waals surface area contributed by atoms with Crippen molar-refractivity contribution in [2.24, 2.45) is 0 Å². The Labute approximate surface area is 450 Å². The van der Waals surface area contributed by atoms with Crippen LogP contribution in [0.5, 0.6) is 0 Å². The first-order valence-corrected chi connectivity index (χ1v) is 32.6. The van der Waals surface area contributed by atoms with Crippen LogP contribution in [0.1, 0.15) is 361 Å². The molecule has 3 N–H and O–H groups in total. The molecule has 72 heavy (non-hydrogen) atoms. The summed E-state index contributed by atoms with van der Waals surface area (Å²) in [5.41, 5.74) is 0. The van der Waals surface area contributed by atoms with Crippen LogP contribution >= 0.6 is 0 Å². The van der Waals surface area contributed by atoms with Gasteiger partial charge in [0.15, 0.2) is 0 Å². The van der Waals surface area contributed by atoms with E-state index < -0.39 is 12.1 Å². The van der Waals surface area contributed by atoms with Gasteiger partial charge in [-0.15, -0.1) is 0 Å². The first-order valence-electron chi connectivity index (χ1n) is 32.6. The first kappa shape index (κ1) is 70.3. The van der Waals surface area contributed by atoms with Crippen molar-refractivity contribution in [1.29, 1.82) is 0 Å². The smallest absolute Gasteiger partial charge is 0.305 e. The third-order valence-corrected chi connectivity index (χ3v) is 15.2. The number of unbranched alkanes of at least 4 members (excludes halogenated alkanes) is 46. The molecule has 0 heterocycles. The van der Waals surface area contributed by atoms with E-state index in [-0.39, 0.29) is 18.5 Å². The van der Waals surface area contributed by atoms with Crippen molar-refractivity contribution in [3.63, 3.8) is 0 Å². The van der Waals surface area contributed by atoms with Crippen molar-refractivity contribution in [2.45, 2.75) is 373 Å². The minimum absolute atomic E-state index is 0.00765. The molecular formula is C66H127NO5. The van der Waals surface area contributed by atoms with Crippen LogP contribution in [-0.2, 0) is 14.3 Å². The van der Waals surface area contributed by atoms with Gasteiger partial charge in [0, 0.05) is 12.8 Å². The molecule has 2 atom stereocenters. The van der Waals surface area contributed by atoms with Gasteiger partial charge in [0.25, 0.3) is 0 Å². The molecule has 0 saturated heterocycles. The van der Waals surface area contributed by atoms with Gasteiger partial charge in [0.05, 0.1) is 25.4 Å². The lowest BCUT2D eigenvalue weighted by atomic mass is 10.0. The molecule has 0 aromatic carbocycles. The Hall–Kier alpha value is -1.66. The van der Waals surface area contributed by atoms with E-state index in [2.05, 4.69) is 43.5 Å². The molecule has 0 radical (unpaired) electrons. The minimum Gasteiger partial charge on any atom is -0.466 e. The van der Waals surface area contributed by atoms with E-state index in [1.807, 2.05) is 0 Å². The number of amides is 1. The molecule has 0 aliphatic rings. The number of carbonyl (C=O) groups excluding carboxylic acids is 2. The number of allylic oxidation sites excluding steroid dienone is 4. The van der Waals surface area contributed by atoms with Crippen LogP contribution in [-0.4, -0.2) is 47.4 Å². The van der Waals surface area contributed by atoms with Gasteiger partial charge in [0.2, 0.25) is 5.91 Å². The van der Waals surface area contributed by atoms with Crippen LogP contribution in [0.4, 0.5) is 0 Å². The van der Waals surface area contributed by atoms with Crippen molar-refractivity contribution in [3.05, 3.63) is 24.3 Å². The van der Waals surface area contributed by atoms with Gasteiger partial charge in [-0.1, -0.05) is 295 Å². The minimum atomic E-state index is -0.668. The Morgan fingerprint density at radius 2 is 0.653 bits per heavy atom. The van der Waals surface area contributed by atoms with Gasteiger partial charge in [-0.05, 0) is 77.0 Å². The molecule has 0 aromatic rings. The second-order valence-corrected chi connectivity index (χ2v) is 22.4. The highest BCUT2D eigenvalue weighted by molar-refractivity contribution is 5.76. The fourth-order valence-electron chi connectivity index (χ4n) is 10.2. The molecule has 0 saturated carbocycles. The van der Waals surface area contributed by atoms with Crippen molar-refractivity contribution >= 4 is 11.9 Å². The summed E-state index contributed by atoms with van der Waals surface area (Å²) in [4.78, 5) is 24.6. The number of aliphatic hydroxyl groups is 2. The van der Waals surface area contributed by atoms with Crippen LogP contribution in [0.25, 0.3) is 0 Å². The predicted molar refractivity (Wildman–Crippen MR) is 315 cm³/mol. The van der Waals surface area contributed by atoms with Gasteiger partial charge in [-0.3, -0.25) is 9.59 Å². The molecule has 6 nitrogen and oxygen atoms in total. The Morgan fingerprint density at radius 1 is 0.375 bits per heavy atom. The molecule has 0 spiro atoms. The number of carbonyl (C=O) groups is 2. The average Bonchev–Trinajstić information content (AvgIpc) is 3.38. The zero-order valence-corrected chi connectivity index (χ0v) is 48.7. The van der Waals surface area contributed by atoms with Gasteiger partial charge in [-0.2, -0.15) is 0 Å². The highest BCUT2D eigenvalue weighted by Gasteiger charge is 2.20. The van der Waals surface area contributed by atoms with E-state index in [1.165, 1.54) is 283 Å². The summed E-state index contributed by atoms with van der Waals surface area (Å²) >= 11 is 0. The largest absolute Gasteiger partial charge is 0.466 e. The third-order valence-electron chi connectivity index (χ3n) is 15.2. The Bertz CT molecular complexity index is 1120. The van der Waals surface area contributed by atoms with E-state index in [4.69, 9.17) is 4.74 Å². The lowest BCUT2D eigenvalue weighted by Crippen LogP contribution is -2.45. The SMILES string of the molecule is CCCCCCCCC/C=C\CCCCCCCCCC(=O)OCCCCCCCCCCCCC/C=C\CCCCCCCCCC(=O)NC(CO)C(O)CCCCCCCCCCCCCCCCC. The number of nitrogens with one attached hydrogen (secondary N) is 1. The maximum Gasteiger partial charge on any atom is 0.305 e. The summed E-state index contributed by atoms with van der Waals surface area (Å²) in [5, 5.41) is 23.3. The molecule has 0 aliphatic heterocycles. The quantitative estimate of drug-likeness (QED) is 0.0320. The average molecular weight is 1010 g/mol. The molecule has 426 valence electrons. The van der Waals surface area contributed by atoms with Gasteiger partial charge in [-0.25, -0.2) is 0 Å². The second-order valence-electron chi connectivity index (χ2n) is 22.4. The lowest BCUT2D eigenvalue weighted by molar-refractivity contribution is -0.143. The monoisotopic (exact) mass is 1010 g/mol. The van der Waals surface area contributed by atoms with Crippen molar-refractivity contribution in [3.8, 4) is 0 Å². The number of esters is 1. The summed E-state index contributed by atoms with van der Waals surface area (Å²) in [6.45, 7) is 4.97. The molecule has 0 fully saturated rings. The van der Waals surface area contributed by atoms with Crippen LogP contribution < -0.4 is 5.32 Å². The first-order chi connectivity index (χ1) is 35.5. The number of hydrogen-bond acceptors (Lipinski definition) is 5. The van der Waals surface area contributed by atoms with Crippen LogP contribution in [0.15, 0.2) is 24.3 Å². The Balaban J connectivity index is 3.40. The van der Waals surface area contributed by atoms with Crippen molar-refractivity contribution in [1.82, 2.24) is 5.32 Å².